The van der Waals surface area contributed by atoms with E-state index in [0.717, 1.165) is 55.7 Å². The topological polar surface area (TPSA) is 101 Å². The van der Waals surface area contributed by atoms with Gasteiger partial charge in [-0.15, -0.1) is 0 Å². The quantitative estimate of drug-likeness (QED) is 0.491. The fraction of sp³-hybridized carbons (Fsp3) is 0.576. The van der Waals surface area contributed by atoms with E-state index >= 15 is 0 Å². The zero-order valence-electron chi connectivity index (χ0n) is 25.1. The molecule has 230 valence electrons. The molecule has 2 N–H and O–H groups in total. The van der Waals surface area contributed by atoms with Crippen molar-refractivity contribution in [1.29, 1.82) is 0 Å². The normalized spacial score (nSPS) is 21.3. The number of anilines is 1. The molecule has 0 spiro atoms. The minimum atomic E-state index is -0.594. The Morgan fingerprint density at radius 1 is 0.860 bits per heavy atom. The molecule has 2 aromatic rings. The summed E-state index contributed by atoms with van der Waals surface area (Å²) in [5.41, 5.74) is 2.83. The number of amides is 4. The number of likely N-dealkylation sites (tertiary alicyclic amines) is 3. The van der Waals surface area contributed by atoms with Crippen LogP contribution in [0.25, 0.3) is 0 Å². The summed E-state index contributed by atoms with van der Waals surface area (Å²) in [4.78, 5) is 53.0. The van der Waals surface area contributed by atoms with E-state index < -0.39 is 6.04 Å². The number of carbonyl (C=O) groups is 3. The molecule has 43 heavy (non-hydrogen) atoms. The maximum absolute atomic E-state index is 13.8. The summed E-state index contributed by atoms with van der Waals surface area (Å²) in [7, 11) is 0. The molecule has 3 fully saturated rings. The van der Waals surface area contributed by atoms with E-state index in [1.807, 2.05) is 57.2 Å². The first-order valence-corrected chi connectivity index (χ1v) is 16.1. The molecule has 10 nitrogen and oxygen atoms in total. The van der Waals surface area contributed by atoms with E-state index in [-0.39, 0.29) is 30.3 Å². The van der Waals surface area contributed by atoms with E-state index in [1.54, 1.807) is 6.20 Å². The lowest BCUT2D eigenvalue weighted by Gasteiger charge is -2.41. The molecule has 10 heteroatoms. The van der Waals surface area contributed by atoms with Gasteiger partial charge in [0.15, 0.2) is 0 Å². The van der Waals surface area contributed by atoms with Gasteiger partial charge in [0.2, 0.25) is 11.8 Å². The van der Waals surface area contributed by atoms with Crippen LogP contribution in [-0.2, 0) is 22.7 Å². The van der Waals surface area contributed by atoms with Crippen molar-refractivity contribution >= 4 is 23.5 Å². The maximum atomic E-state index is 13.8. The van der Waals surface area contributed by atoms with Crippen LogP contribution in [0.15, 0.2) is 48.7 Å². The summed E-state index contributed by atoms with van der Waals surface area (Å²) < 4.78 is 0. The first-order valence-electron chi connectivity index (χ1n) is 16.1. The highest BCUT2D eigenvalue weighted by molar-refractivity contribution is 5.92. The number of nitrogens with one attached hydrogen (secondary N) is 2. The molecule has 0 unspecified atom stereocenters. The fourth-order valence-electron chi connectivity index (χ4n) is 7.18. The molecule has 0 bridgehead atoms. The third-order valence-electron chi connectivity index (χ3n) is 9.73. The van der Waals surface area contributed by atoms with Crippen LogP contribution >= 0.6 is 0 Å². The molecule has 6 rings (SSSR count). The van der Waals surface area contributed by atoms with Crippen LogP contribution in [0, 0.1) is 0 Å². The Labute approximate surface area is 254 Å². The highest BCUT2D eigenvalue weighted by Crippen LogP contribution is 2.28. The second-order valence-electron chi connectivity index (χ2n) is 12.4. The number of rotatable bonds is 8. The predicted octanol–water partition coefficient (Wildman–Crippen LogP) is 3.45. The van der Waals surface area contributed by atoms with E-state index in [1.165, 1.54) is 32.4 Å². The molecule has 0 saturated carbocycles. The summed E-state index contributed by atoms with van der Waals surface area (Å²) in [5.74, 6) is 0.00174. The number of carbonyl (C=O) groups excluding carboxylic acids is 3. The molecular weight excluding hydrogens is 542 g/mol. The van der Waals surface area contributed by atoms with Gasteiger partial charge in [-0.05, 0) is 75.4 Å². The lowest BCUT2D eigenvalue weighted by Crippen LogP contribution is -2.54. The zero-order valence-corrected chi connectivity index (χ0v) is 25.1. The van der Waals surface area contributed by atoms with Gasteiger partial charge in [0, 0.05) is 63.2 Å². The molecule has 5 heterocycles. The Balaban J connectivity index is 1.04. The van der Waals surface area contributed by atoms with E-state index in [2.05, 4.69) is 20.5 Å². The van der Waals surface area contributed by atoms with Gasteiger partial charge < -0.3 is 24.9 Å². The number of pyridine rings is 1. The highest BCUT2D eigenvalue weighted by Gasteiger charge is 2.35. The molecule has 4 amide bonds. The van der Waals surface area contributed by atoms with Crippen molar-refractivity contribution in [3.63, 3.8) is 0 Å². The number of hydrogen-bond acceptors (Lipinski definition) is 6. The Kier molecular flexibility index (Phi) is 9.53. The van der Waals surface area contributed by atoms with Crippen molar-refractivity contribution in [2.24, 2.45) is 0 Å². The predicted molar refractivity (Wildman–Crippen MR) is 165 cm³/mol. The molecule has 4 aliphatic heterocycles. The van der Waals surface area contributed by atoms with Crippen molar-refractivity contribution in [2.75, 3.05) is 44.6 Å². The molecular formula is C33H45N7O3. The van der Waals surface area contributed by atoms with E-state index in [0.29, 0.717) is 32.2 Å². The largest absolute Gasteiger partial charge is 0.342 e. The molecule has 0 radical (unpaired) electrons. The van der Waals surface area contributed by atoms with Crippen molar-refractivity contribution in [1.82, 2.24) is 29.9 Å². The molecule has 1 aromatic heterocycles. The van der Waals surface area contributed by atoms with Crippen molar-refractivity contribution in [2.45, 2.75) is 82.6 Å². The minimum absolute atomic E-state index is 0.0121. The standard InChI is InChI=1S/C33H45N7O3/c41-31(38-18-13-28(14-19-38)40-24-25-8-2-3-10-29(25)36-33(40)43)22-30(35-23-26-9-4-5-15-34-26)32(42)39-20-11-27(12-21-39)37-16-6-1-7-17-37/h2-5,8-10,15,27-28,30,35H,1,6-7,11-14,16-24H2,(H,36,43)/t30-/m0/s1. The number of nitrogens with zero attached hydrogens (tertiary/aromatic N) is 5. The van der Waals surface area contributed by atoms with Gasteiger partial charge in [-0.1, -0.05) is 30.7 Å². The average molecular weight is 588 g/mol. The average Bonchev–Trinajstić information content (AvgIpc) is 3.07. The number of piperidine rings is 3. The molecule has 0 aliphatic carbocycles. The Hall–Kier alpha value is -3.50. The number of fused-ring (bicyclic) bond motifs is 1. The van der Waals surface area contributed by atoms with Crippen molar-refractivity contribution in [3.8, 4) is 0 Å². The van der Waals surface area contributed by atoms with Crippen LogP contribution in [0.1, 0.15) is 62.6 Å². The number of urea groups is 1. The molecule has 3 saturated heterocycles. The van der Waals surface area contributed by atoms with Crippen molar-refractivity contribution < 1.29 is 14.4 Å². The van der Waals surface area contributed by atoms with E-state index in [9.17, 15) is 14.4 Å². The second-order valence-corrected chi connectivity index (χ2v) is 12.4. The zero-order chi connectivity index (χ0) is 29.6. The fourth-order valence-corrected chi connectivity index (χ4v) is 7.18. The van der Waals surface area contributed by atoms with Gasteiger partial charge in [0.1, 0.15) is 0 Å². The lowest BCUT2D eigenvalue weighted by atomic mass is 9.98. The van der Waals surface area contributed by atoms with Gasteiger partial charge in [-0.25, -0.2) is 4.79 Å². The van der Waals surface area contributed by atoms with Crippen molar-refractivity contribution in [3.05, 3.63) is 59.9 Å². The third-order valence-corrected chi connectivity index (χ3v) is 9.73. The minimum Gasteiger partial charge on any atom is -0.342 e. The highest BCUT2D eigenvalue weighted by atomic mass is 16.2. The van der Waals surface area contributed by atoms with Gasteiger partial charge in [0.05, 0.1) is 18.2 Å². The SMILES string of the molecule is O=C(C[C@H](NCc1ccccn1)C(=O)N1CCC(N2CCCCC2)CC1)N1CCC(N2Cc3ccccc3NC2=O)CC1. The van der Waals surface area contributed by atoms with Gasteiger partial charge in [-0.3, -0.25) is 19.9 Å². The molecule has 1 aromatic carbocycles. The van der Waals surface area contributed by atoms with Gasteiger partial charge >= 0.3 is 6.03 Å². The summed E-state index contributed by atoms with van der Waals surface area (Å²) in [5, 5.41) is 6.39. The number of hydrogen-bond donors (Lipinski definition) is 2. The molecule has 4 aliphatic rings. The molecule has 1 atom stereocenters. The van der Waals surface area contributed by atoms with Crippen LogP contribution in [0.5, 0.6) is 0 Å². The Morgan fingerprint density at radius 2 is 1.56 bits per heavy atom. The van der Waals surface area contributed by atoms with Crippen LogP contribution in [0.3, 0.4) is 0 Å². The third kappa shape index (κ3) is 7.18. The van der Waals surface area contributed by atoms with Crippen LogP contribution < -0.4 is 10.6 Å². The number of aromatic nitrogens is 1. The summed E-state index contributed by atoms with van der Waals surface area (Å²) in [6.45, 7) is 6.01. The van der Waals surface area contributed by atoms with Gasteiger partial charge in [-0.2, -0.15) is 0 Å². The number of benzene rings is 1. The number of para-hydroxylation sites is 1. The van der Waals surface area contributed by atoms with Crippen LogP contribution in [0.4, 0.5) is 10.5 Å². The monoisotopic (exact) mass is 587 g/mol. The Morgan fingerprint density at radius 3 is 2.30 bits per heavy atom. The first kappa shape index (κ1) is 29.6. The first-order chi connectivity index (χ1) is 21.0. The van der Waals surface area contributed by atoms with Gasteiger partial charge in [0.25, 0.3) is 0 Å². The smallest absolute Gasteiger partial charge is 0.322 e. The summed E-state index contributed by atoms with van der Waals surface area (Å²) in [6, 6.07) is 13.6. The summed E-state index contributed by atoms with van der Waals surface area (Å²) >= 11 is 0. The lowest BCUT2D eigenvalue weighted by molar-refractivity contribution is -0.141. The van der Waals surface area contributed by atoms with E-state index in [4.69, 9.17) is 0 Å². The second kappa shape index (κ2) is 13.9. The van der Waals surface area contributed by atoms with Crippen LogP contribution in [0.2, 0.25) is 0 Å². The summed E-state index contributed by atoms with van der Waals surface area (Å²) in [6.07, 6.45) is 9.19. The van der Waals surface area contributed by atoms with Crippen LogP contribution in [-0.4, -0.2) is 99.8 Å². The Bertz CT molecular complexity index is 1250. The maximum Gasteiger partial charge on any atom is 0.322 e.